The maximum absolute atomic E-state index is 12.2. The van der Waals surface area contributed by atoms with Crippen molar-refractivity contribution >= 4 is 17.6 Å². The van der Waals surface area contributed by atoms with E-state index in [-0.39, 0.29) is 17.1 Å². The lowest BCUT2D eigenvalue weighted by atomic mass is 10.0. The third-order valence-corrected chi connectivity index (χ3v) is 3.98. The van der Waals surface area contributed by atoms with Crippen molar-refractivity contribution in [3.05, 3.63) is 65.1 Å². The summed E-state index contributed by atoms with van der Waals surface area (Å²) in [4.78, 5) is 12.2. The predicted molar refractivity (Wildman–Crippen MR) is 96.2 cm³/mol. The Labute approximate surface area is 150 Å². The maximum Gasteiger partial charge on any atom is 0.348 e. The summed E-state index contributed by atoms with van der Waals surface area (Å²) in [6.07, 6.45) is 1.54. The molecule has 134 valence electrons. The number of hydrogen-bond acceptors (Lipinski definition) is 6. The zero-order chi connectivity index (χ0) is 18.7. The van der Waals surface area contributed by atoms with Crippen LogP contribution in [0.15, 0.2) is 54.0 Å². The molecule has 3 rings (SSSR count). The molecule has 0 bridgehead atoms. The van der Waals surface area contributed by atoms with Crippen LogP contribution < -0.4 is 14.2 Å². The van der Waals surface area contributed by atoms with Crippen LogP contribution in [0.4, 0.5) is 0 Å². The van der Waals surface area contributed by atoms with Gasteiger partial charge in [0.1, 0.15) is 22.8 Å². The molecular formula is C20H18O6. The summed E-state index contributed by atoms with van der Waals surface area (Å²) in [6, 6.07) is 12.0. The number of aliphatic hydroxyl groups is 1. The standard InChI is InChI=1S/C20H18O6/c1-23-14-7-4-12(5-8-14)18-19(21)17(26-20(18)22)10-13-6-9-15(24-2)11-16(13)25-3/h4-11,21H,1-3H3/b17-10-. The SMILES string of the molecule is COc1ccc(C2=C(O)/C(=C/c3ccc(OC)cc3OC)OC2=O)cc1. The number of cyclic esters (lactones) is 1. The van der Waals surface area contributed by atoms with Gasteiger partial charge in [-0.2, -0.15) is 0 Å². The monoisotopic (exact) mass is 354 g/mol. The summed E-state index contributed by atoms with van der Waals surface area (Å²) in [5, 5.41) is 10.5. The first-order chi connectivity index (χ1) is 12.6. The average molecular weight is 354 g/mol. The minimum Gasteiger partial charge on any atom is -0.504 e. The number of rotatable bonds is 5. The molecule has 26 heavy (non-hydrogen) atoms. The minimum absolute atomic E-state index is 0.0595. The van der Waals surface area contributed by atoms with Gasteiger partial charge >= 0.3 is 5.97 Å². The predicted octanol–water partition coefficient (Wildman–Crippen LogP) is 3.58. The summed E-state index contributed by atoms with van der Waals surface area (Å²) in [5.74, 6) is 1.03. The van der Waals surface area contributed by atoms with Crippen molar-refractivity contribution < 1.29 is 28.8 Å². The van der Waals surface area contributed by atoms with E-state index in [1.807, 2.05) is 0 Å². The van der Waals surface area contributed by atoms with Crippen LogP contribution in [-0.2, 0) is 9.53 Å². The van der Waals surface area contributed by atoms with Crippen LogP contribution in [-0.4, -0.2) is 32.4 Å². The van der Waals surface area contributed by atoms with Gasteiger partial charge in [-0.3, -0.25) is 0 Å². The highest BCUT2D eigenvalue weighted by atomic mass is 16.6. The Kier molecular flexibility index (Phi) is 4.84. The van der Waals surface area contributed by atoms with Crippen LogP contribution in [0.3, 0.4) is 0 Å². The van der Waals surface area contributed by atoms with E-state index in [1.165, 1.54) is 7.11 Å². The summed E-state index contributed by atoms with van der Waals surface area (Å²) in [5.41, 5.74) is 1.28. The van der Waals surface area contributed by atoms with Gasteiger partial charge in [0, 0.05) is 11.6 Å². The van der Waals surface area contributed by atoms with Gasteiger partial charge < -0.3 is 24.1 Å². The van der Waals surface area contributed by atoms with E-state index in [1.54, 1.807) is 62.8 Å². The maximum atomic E-state index is 12.2. The molecular weight excluding hydrogens is 336 g/mol. The molecule has 1 N–H and O–H groups in total. The van der Waals surface area contributed by atoms with Crippen LogP contribution in [0.25, 0.3) is 11.6 Å². The van der Waals surface area contributed by atoms with Gasteiger partial charge in [-0.15, -0.1) is 0 Å². The fourth-order valence-corrected chi connectivity index (χ4v) is 2.61. The second-order valence-electron chi connectivity index (χ2n) is 5.46. The smallest absolute Gasteiger partial charge is 0.348 e. The van der Waals surface area contributed by atoms with Crippen LogP contribution >= 0.6 is 0 Å². The van der Waals surface area contributed by atoms with E-state index < -0.39 is 5.97 Å². The summed E-state index contributed by atoms with van der Waals surface area (Å²) >= 11 is 0. The van der Waals surface area contributed by atoms with Crippen molar-refractivity contribution in [2.24, 2.45) is 0 Å². The van der Waals surface area contributed by atoms with Gasteiger partial charge in [-0.25, -0.2) is 4.79 Å². The van der Waals surface area contributed by atoms with Gasteiger partial charge in [-0.1, -0.05) is 12.1 Å². The van der Waals surface area contributed by atoms with Crippen molar-refractivity contribution in [2.75, 3.05) is 21.3 Å². The van der Waals surface area contributed by atoms with Crippen molar-refractivity contribution in [1.82, 2.24) is 0 Å². The minimum atomic E-state index is -0.619. The van der Waals surface area contributed by atoms with Crippen LogP contribution in [0, 0.1) is 0 Å². The van der Waals surface area contributed by atoms with Gasteiger partial charge in [0.2, 0.25) is 0 Å². The molecule has 0 spiro atoms. The topological polar surface area (TPSA) is 74.2 Å². The van der Waals surface area contributed by atoms with Crippen LogP contribution in [0.5, 0.6) is 17.2 Å². The first-order valence-electron chi connectivity index (χ1n) is 7.81. The largest absolute Gasteiger partial charge is 0.504 e. The number of carbonyl (C=O) groups is 1. The van der Waals surface area contributed by atoms with Crippen LogP contribution in [0.1, 0.15) is 11.1 Å². The average Bonchev–Trinajstić information content (AvgIpc) is 2.95. The highest BCUT2D eigenvalue weighted by Crippen LogP contribution is 2.35. The Morgan fingerprint density at radius 1 is 0.923 bits per heavy atom. The third kappa shape index (κ3) is 3.21. The Morgan fingerprint density at radius 2 is 1.58 bits per heavy atom. The van der Waals surface area contributed by atoms with Gasteiger partial charge in [0.25, 0.3) is 0 Å². The molecule has 2 aromatic rings. The Hall–Kier alpha value is -3.41. The molecule has 6 nitrogen and oxygen atoms in total. The highest BCUT2D eigenvalue weighted by Gasteiger charge is 2.31. The Morgan fingerprint density at radius 3 is 2.19 bits per heavy atom. The van der Waals surface area contributed by atoms with Crippen molar-refractivity contribution in [2.45, 2.75) is 0 Å². The molecule has 1 aliphatic heterocycles. The zero-order valence-electron chi connectivity index (χ0n) is 14.6. The second kappa shape index (κ2) is 7.23. The lowest BCUT2D eigenvalue weighted by molar-refractivity contribution is -0.131. The van der Waals surface area contributed by atoms with Crippen LogP contribution in [0.2, 0.25) is 0 Å². The summed E-state index contributed by atoms with van der Waals surface area (Å²) in [7, 11) is 4.63. The number of esters is 1. The molecule has 0 amide bonds. The van der Waals surface area contributed by atoms with E-state index in [0.29, 0.717) is 28.4 Å². The van der Waals surface area contributed by atoms with E-state index in [0.717, 1.165) is 0 Å². The molecule has 0 aliphatic carbocycles. The fraction of sp³-hybridized carbons (Fsp3) is 0.150. The number of benzene rings is 2. The molecule has 0 atom stereocenters. The highest BCUT2D eigenvalue weighted by molar-refractivity contribution is 6.20. The van der Waals surface area contributed by atoms with Crippen molar-refractivity contribution in [3.63, 3.8) is 0 Å². The van der Waals surface area contributed by atoms with Gasteiger partial charge in [0.15, 0.2) is 11.5 Å². The van der Waals surface area contributed by atoms with Crippen molar-refractivity contribution in [3.8, 4) is 17.2 Å². The number of carbonyl (C=O) groups excluding carboxylic acids is 1. The molecule has 0 unspecified atom stereocenters. The molecule has 1 heterocycles. The molecule has 0 saturated carbocycles. The molecule has 0 radical (unpaired) electrons. The molecule has 0 fully saturated rings. The normalized spacial score (nSPS) is 15.2. The lowest BCUT2D eigenvalue weighted by Gasteiger charge is -2.08. The van der Waals surface area contributed by atoms with E-state index >= 15 is 0 Å². The van der Waals surface area contributed by atoms with Gasteiger partial charge in [-0.05, 0) is 35.9 Å². The van der Waals surface area contributed by atoms with E-state index in [4.69, 9.17) is 18.9 Å². The number of hydrogen-bond donors (Lipinski definition) is 1. The summed E-state index contributed by atoms with van der Waals surface area (Å²) < 4.78 is 20.8. The first kappa shape index (κ1) is 17.4. The van der Waals surface area contributed by atoms with E-state index in [9.17, 15) is 9.90 Å². The molecule has 2 aromatic carbocycles. The van der Waals surface area contributed by atoms with E-state index in [2.05, 4.69) is 0 Å². The fourth-order valence-electron chi connectivity index (χ4n) is 2.61. The third-order valence-electron chi connectivity index (χ3n) is 3.98. The summed E-state index contributed by atoms with van der Waals surface area (Å²) in [6.45, 7) is 0. The molecule has 0 aromatic heterocycles. The zero-order valence-corrected chi connectivity index (χ0v) is 14.6. The Bertz CT molecular complexity index is 893. The molecule has 1 aliphatic rings. The van der Waals surface area contributed by atoms with Gasteiger partial charge in [0.05, 0.1) is 21.3 Å². The second-order valence-corrected chi connectivity index (χ2v) is 5.46. The lowest BCUT2D eigenvalue weighted by Crippen LogP contribution is -1.98. The number of methoxy groups -OCH3 is 3. The molecule has 6 heteroatoms. The first-order valence-corrected chi connectivity index (χ1v) is 7.81. The molecule has 0 saturated heterocycles. The Balaban J connectivity index is 2.00. The number of ether oxygens (including phenoxy) is 4. The quantitative estimate of drug-likeness (QED) is 0.828. The van der Waals surface area contributed by atoms with Crippen molar-refractivity contribution in [1.29, 1.82) is 0 Å². The number of aliphatic hydroxyl groups excluding tert-OH is 1.